The molecule has 0 radical (unpaired) electrons. The van der Waals surface area contributed by atoms with Gasteiger partial charge in [-0.2, -0.15) is 0 Å². The second kappa shape index (κ2) is 4.61. The topological polar surface area (TPSA) is 55.1 Å². The molecular weight excluding hydrogens is 164 g/mol. The Morgan fingerprint density at radius 3 is 2.69 bits per heavy atom. The molecule has 1 aliphatic rings. The summed E-state index contributed by atoms with van der Waals surface area (Å²) in [7, 11) is 0. The van der Waals surface area contributed by atoms with Crippen molar-refractivity contribution in [1.29, 1.82) is 0 Å². The second-order valence-electron chi connectivity index (χ2n) is 4.13. The number of carbonyl (C=O) groups excluding carboxylic acids is 1. The third-order valence-electron chi connectivity index (χ3n) is 2.69. The summed E-state index contributed by atoms with van der Waals surface area (Å²) in [5, 5.41) is 3.01. The third kappa shape index (κ3) is 2.99. The van der Waals surface area contributed by atoms with Crippen LogP contribution < -0.4 is 11.1 Å². The monoisotopic (exact) mass is 184 g/mol. The molecule has 0 bridgehead atoms. The largest absolute Gasteiger partial charge is 0.353 e. The molecule has 0 spiro atoms. The molecule has 3 N–H and O–H groups in total. The number of amides is 1. The van der Waals surface area contributed by atoms with E-state index in [2.05, 4.69) is 12.2 Å². The van der Waals surface area contributed by atoms with E-state index >= 15 is 0 Å². The minimum absolute atomic E-state index is 0.154. The van der Waals surface area contributed by atoms with Crippen LogP contribution in [0.15, 0.2) is 0 Å². The molecular formula is C10H20N2O. The first-order valence-electron chi connectivity index (χ1n) is 5.19. The van der Waals surface area contributed by atoms with Gasteiger partial charge in [0.15, 0.2) is 0 Å². The highest BCUT2D eigenvalue weighted by Crippen LogP contribution is 2.18. The van der Waals surface area contributed by atoms with Gasteiger partial charge in [-0.05, 0) is 19.3 Å². The van der Waals surface area contributed by atoms with Gasteiger partial charge < -0.3 is 11.1 Å². The lowest BCUT2D eigenvalue weighted by Crippen LogP contribution is -2.51. The molecule has 0 saturated heterocycles. The fraction of sp³-hybridized carbons (Fsp3) is 0.900. The van der Waals surface area contributed by atoms with Gasteiger partial charge in [0.25, 0.3) is 0 Å². The van der Waals surface area contributed by atoms with Crippen molar-refractivity contribution >= 4 is 5.91 Å². The summed E-state index contributed by atoms with van der Waals surface area (Å²) in [6.45, 7) is 4.08. The van der Waals surface area contributed by atoms with Crippen molar-refractivity contribution in [3.05, 3.63) is 0 Å². The Hall–Kier alpha value is -0.570. The lowest BCUT2D eigenvalue weighted by atomic mass is 9.87. The Morgan fingerprint density at radius 1 is 1.62 bits per heavy atom. The highest BCUT2D eigenvalue weighted by atomic mass is 16.1. The molecule has 76 valence electrons. The summed E-state index contributed by atoms with van der Waals surface area (Å²) < 4.78 is 0. The number of nitrogens with one attached hydrogen (secondary N) is 1. The predicted molar refractivity (Wildman–Crippen MR) is 53.2 cm³/mol. The van der Waals surface area contributed by atoms with Crippen LogP contribution in [0.4, 0.5) is 0 Å². The van der Waals surface area contributed by atoms with E-state index in [9.17, 15) is 4.79 Å². The maximum Gasteiger partial charge on any atom is 0.223 e. The van der Waals surface area contributed by atoms with Gasteiger partial charge in [0.1, 0.15) is 0 Å². The average Bonchev–Trinajstić information content (AvgIpc) is 2.02. The molecule has 13 heavy (non-hydrogen) atoms. The summed E-state index contributed by atoms with van der Waals surface area (Å²) in [4.78, 5) is 11.5. The van der Waals surface area contributed by atoms with Crippen molar-refractivity contribution in [2.45, 2.75) is 51.6 Å². The quantitative estimate of drug-likeness (QED) is 0.685. The van der Waals surface area contributed by atoms with E-state index in [1.807, 2.05) is 6.92 Å². The Kier molecular flexibility index (Phi) is 3.72. The molecule has 1 fully saturated rings. The Bertz CT molecular complexity index is 176. The molecule has 1 saturated carbocycles. The second-order valence-corrected chi connectivity index (χ2v) is 4.13. The molecule has 3 nitrogen and oxygen atoms in total. The van der Waals surface area contributed by atoms with Crippen molar-refractivity contribution in [2.75, 3.05) is 0 Å². The number of nitrogens with two attached hydrogens (primary N) is 1. The van der Waals surface area contributed by atoms with Gasteiger partial charge in [0.05, 0.1) is 0 Å². The number of hydrogen-bond donors (Lipinski definition) is 2. The van der Waals surface area contributed by atoms with Crippen molar-refractivity contribution in [2.24, 2.45) is 11.7 Å². The van der Waals surface area contributed by atoms with E-state index in [1.54, 1.807) is 0 Å². The van der Waals surface area contributed by atoms with E-state index in [0.717, 1.165) is 25.7 Å². The zero-order chi connectivity index (χ0) is 9.84. The molecule has 1 atom stereocenters. The fourth-order valence-corrected chi connectivity index (χ4v) is 1.69. The summed E-state index contributed by atoms with van der Waals surface area (Å²) in [6, 6.07) is 0.661. The van der Waals surface area contributed by atoms with Crippen LogP contribution in [-0.2, 0) is 4.79 Å². The predicted octanol–water partition coefficient (Wildman–Crippen LogP) is 1.03. The fourth-order valence-electron chi connectivity index (χ4n) is 1.69. The van der Waals surface area contributed by atoms with Gasteiger partial charge in [-0.3, -0.25) is 4.79 Å². The molecule has 3 heteroatoms. The maximum atomic E-state index is 11.5. The molecule has 1 aliphatic carbocycles. The minimum Gasteiger partial charge on any atom is -0.353 e. The van der Waals surface area contributed by atoms with Crippen LogP contribution in [0.2, 0.25) is 0 Å². The summed E-state index contributed by atoms with van der Waals surface area (Å²) in [5.74, 6) is 0.348. The summed E-state index contributed by atoms with van der Waals surface area (Å²) in [5.41, 5.74) is 5.63. The van der Waals surface area contributed by atoms with Crippen LogP contribution in [0.1, 0.15) is 39.5 Å². The van der Waals surface area contributed by atoms with E-state index in [1.165, 1.54) is 0 Å². The van der Waals surface area contributed by atoms with E-state index in [-0.39, 0.29) is 11.8 Å². The van der Waals surface area contributed by atoms with E-state index < -0.39 is 0 Å². The smallest absolute Gasteiger partial charge is 0.223 e. The number of hydrogen-bond acceptors (Lipinski definition) is 2. The average molecular weight is 184 g/mol. The Morgan fingerprint density at radius 2 is 2.23 bits per heavy atom. The zero-order valence-corrected chi connectivity index (χ0v) is 8.55. The van der Waals surface area contributed by atoms with Gasteiger partial charge >= 0.3 is 0 Å². The lowest BCUT2D eigenvalue weighted by molar-refractivity contribution is -0.126. The number of carbonyl (C=O) groups is 1. The first-order chi connectivity index (χ1) is 6.13. The van der Waals surface area contributed by atoms with Crippen LogP contribution in [0.25, 0.3) is 0 Å². The van der Waals surface area contributed by atoms with Gasteiger partial charge in [-0.25, -0.2) is 0 Å². The number of rotatable bonds is 4. The molecule has 0 aromatic carbocycles. The Labute approximate surface area is 80.1 Å². The molecule has 1 amide bonds. The first kappa shape index (κ1) is 10.5. The van der Waals surface area contributed by atoms with Gasteiger partial charge in [0, 0.05) is 18.0 Å². The van der Waals surface area contributed by atoms with Crippen molar-refractivity contribution in [3.63, 3.8) is 0 Å². The van der Waals surface area contributed by atoms with Gasteiger partial charge in [-0.1, -0.05) is 20.3 Å². The molecule has 0 aromatic heterocycles. The van der Waals surface area contributed by atoms with Gasteiger partial charge in [0.2, 0.25) is 5.91 Å². The van der Waals surface area contributed by atoms with Crippen LogP contribution in [0.3, 0.4) is 0 Å². The van der Waals surface area contributed by atoms with Crippen LogP contribution >= 0.6 is 0 Å². The van der Waals surface area contributed by atoms with Crippen molar-refractivity contribution < 1.29 is 4.79 Å². The van der Waals surface area contributed by atoms with E-state index in [0.29, 0.717) is 12.1 Å². The van der Waals surface area contributed by atoms with Crippen LogP contribution in [-0.4, -0.2) is 18.0 Å². The SMILES string of the molecule is CCCC(C)C(=O)NC1CC(N)C1. The highest BCUT2D eigenvalue weighted by molar-refractivity contribution is 5.78. The van der Waals surface area contributed by atoms with Gasteiger partial charge in [-0.15, -0.1) is 0 Å². The minimum atomic E-state index is 0.154. The molecule has 1 unspecified atom stereocenters. The lowest BCUT2D eigenvalue weighted by Gasteiger charge is -2.33. The normalized spacial score (nSPS) is 29.2. The molecule has 0 aliphatic heterocycles. The highest BCUT2D eigenvalue weighted by Gasteiger charge is 2.28. The summed E-state index contributed by atoms with van der Waals surface area (Å²) >= 11 is 0. The third-order valence-corrected chi connectivity index (χ3v) is 2.69. The zero-order valence-electron chi connectivity index (χ0n) is 8.55. The van der Waals surface area contributed by atoms with Crippen LogP contribution in [0.5, 0.6) is 0 Å². The Balaban J connectivity index is 2.17. The molecule has 0 aromatic rings. The standard InChI is InChI=1S/C10H20N2O/c1-3-4-7(2)10(13)12-9-5-8(11)6-9/h7-9H,3-6,11H2,1-2H3,(H,12,13). The van der Waals surface area contributed by atoms with Crippen molar-refractivity contribution in [3.8, 4) is 0 Å². The summed E-state index contributed by atoms with van der Waals surface area (Å²) in [6.07, 6.45) is 3.94. The van der Waals surface area contributed by atoms with Crippen LogP contribution in [0, 0.1) is 5.92 Å². The van der Waals surface area contributed by atoms with E-state index in [4.69, 9.17) is 5.73 Å². The molecule has 0 heterocycles. The molecule has 1 rings (SSSR count). The maximum absolute atomic E-state index is 11.5. The van der Waals surface area contributed by atoms with Crippen molar-refractivity contribution in [1.82, 2.24) is 5.32 Å². The first-order valence-corrected chi connectivity index (χ1v) is 5.19.